The predicted molar refractivity (Wildman–Crippen MR) is 108 cm³/mol. The fraction of sp³-hybridized carbons (Fsp3) is 0.222. The summed E-state index contributed by atoms with van der Waals surface area (Å²) < 4.78 is 26.4. The molecule has 0 heterocycles. The molecule has 0 spiro atoms. The molecule has 2 rings (SSSR count). The molecule has 0 radical (unpaired) electrons. The van der Waals surface area contributed by atoms with E-state index in [1.165, 1.54) is 35.6 Å². The quantitative estimate of drug-likeness (QED) is 0.693. The van der Waals surface area contributed by atoms with Crippen LogP contribution in [0, 0.1) is 0 Å². The van der Waals surface area contributed by atoms with Gasteiger partial charge in [0, 0.05) is 13.1 Å². The zero-order chi connectivity index (χ0) is 21.1. The molecule has 28 heavy (non-hydrogen) atoms. The summed E-state index contributed by atoms with van der Waals surface area (Å²) in [5, 5.41) is 0.257. The van der Waals surface area contributed by atoms with Crippen LogP contribution in [0.25, 0.3) is 0 Å². The maximum atomic E-state index is 12.6. The molecule has 0 aromatic heterocycles. The van der Waals surface area contributed by atoms with Crippen molar-refractivity contribution in [3.63, 3.8) is 0 Å². The number of benzene rings is 2. The highest BCUT2D eigenvalue weighted by Gasteiger charge is 2.25. The SMILES string of the molecule is CC(C)N(C)S(=O)(=O)c1ccc(Cl)c(C(=O)NNC(=O)c2ccccc2Cl)c1. The monoisotopic (exact) mass is 443 g/mol. The summed E-state index contributed by atoms with van der Waals surface area (Å²) in [5.41, 5.74) is 4.50. The number of nitrogens with one attached hydrogen (secondary N) is 2. The van der Waals surface area contributed by atoms with Crippen molar-refractivity contribution in [3.05, 3.63) is 63.6 Å². The summed E-state index contributed by atoms with van der Waals surface area (Å²) in [5.74, 6) is -1.40. The first-order chi connectivity index (χ1) is 13.1. The molecule has 0 saturated heterocycles. The van der Waals surface area contributed by atoms with Crippen LogP contribution in [0.5, 0.6) is 0 Å². The Kier molecular flexibility index (Phi) is 7.06. The molecule has 2 aromatic carbocycles. The van der Waals surface area contributed by atoms with E-state index in [0.29, 0.717) is 0 Å². The molecule has 0 saturated carbocycles. The van der Waals surface area contributed by atoms with Crippen molar-refractivity contribution < 1.29 is 18.0 Å². The first-order valence-corrected chi connectivity index (χ1v) is 10.4. The van der Waals surface area contributed by atoms with Crippen molar-refractivity contribution in [1.82, 2.24) is 15.2 Å². The van der Waals surface area contributed by atoms with Gasteiger partial charge in [-0.1, -0.05) is 35.3 Å². The van der Waals surface area contributed by atoms with Crippen molar-refractivity contribution >= 4 is 45.0 Å². The van der Waals surface area contributed by atoms with Gasteiger partial charge in [-0.3, -0.25) is 20.4 Å². The number of carbonyl (C=O) groups is 2. The molecule has 2 aromatic rings. The zero-order valence-corrected chi connectivity index (χ0v) is 17.7. The largest absolute Gasteiger partial charge is 0.271 e. The van der Waals surface area contributed by atoms with E-state index in [0.717, 1.165) is 6.07 Å². The van der Waals surface area contributed by atoms with E-state index in [2.05, 4.69) is 10.9 Å². The molecular weight excluding hydrogens is 425 g/mol. The average Bonchev–Trinajstić information content (AvgIpc) is 2.65. The number of rotatable bonds is 5. The van der Waals surface area contributed by atoms with Crippen molar-refractivity contribution in [1.29, 1.82) is 0 Å². The zero-order valence-electron chi connectivity index (χ0n) is 15.4. The Labute approximate surface area is 173 Å². The molecule has 0 bridgehead atoms. The minimum Gasteiger partial charge on any atom is -0.267 e. The van der Waals surface area contributed by atoms with Crippen LogP contribution >= 0.6 is 23.2 Å². The molecule has 2 N–H and O–H groups in total. The van der Waals surface area contributed by atoms with Gasteiger partial charge in [-0.25, -0.2) is 8.42 Å². The van der Waals surface area contributed by atoms with E-state index in [4.69, 9.17) is 23.2 Å². The lowest BCUT2D eigenvalue weighted by atomic mass is 10.2. The minimum absolute atomic E-state index is 0.0376. The Balaban J connectivity index is 2.22. The Hall–Kier alpha value is -2.13. The summed E-state index contributed by atoms with van der Waals surface area (Å²) in [6.07, 6.45) is 0. The number of halogens is 2. The highest BCUT2D eigenvalue weighted by molar-refractivity contribution is 7.89. The van der Waals surface area contributed by atoms with Crippen LogP contribution in [0.1, 0.15) is 34.6 Å². The van der Waals surface area contributed by atoms with Crippen LogP contribution in [0.15, 0.2) is 47.4 Å². The first kappa shape index (κ1) is 22.2. The van der Waals surface area contributed by atoms with E-state index >= 15 is 0 Å². The average molecular weight is 444 g/mol. The molecule has 7 nitrogen and oxygen atoms in total. The first-order valence-electron chi connectivity index (χ1n) is 8.18. The predicted octanol–water partition coefficient (Wildman–Crippen LogP) is 3.10. The second-order valence-electron chi connectivity index (χ2n) is 6.14. The van der Waals surface area contributed by atoms with Crippen molar-refractivity contribution in [2.45, 2.75) is 24.8 Å². The van der Waals surface area contributed by atoms with Crippen molar-refractivity contribution in [2.75, 3.05) is 7.05 Å². The molecular formula is C18H19Cl2N3O4S. The Bertz CT molecular complexity index is 1010. The third-order valence-corrected chi connectivity index (χ3v) is 6.68. The molecule has 150 valence electrons. The van der Waals surface area contributed by atoms with E-state index in [1.807, 2.05) is 0 Å². The fourth-order valence-electron chi connectivity index (χ4n) is 2.18. The van der Waals surface area contributed by atoms with Gasteiger partial charge in [0.1, 0.15) is 0 Å². The number of hydrogen-bond acceptors (Lipinski definition) is 4. The lowest BCUT2D eigenvalue weighted by molar-refractivity contribution is 0.0846. The normalized spacial score (nSPS) is 11.5. The number of hydrogen-bond donors (Lipinski definition) is 2. The Morgan fingerprint density at radius 1 is 0.929 bits per heavy atom. The van der Waals surface area contributed by atoms with Crippen molar-refractivity contribution in [3.8, 4) is 0 Å². The van der Waals surface area contributed by atoms with Gasteiger partial charge >= 0.3 is 0 Å². The molecule has 2 amide bonds. The lowest BCUT2D eigenvalue weighted by Crippen LogP contribution is -2.42. The highest BCUT2D eigenvalue weighted by Crippen LogP contribution is 2.23. The number of sulfonamides is 1. The Morgan fingerprint density at radius 2 is 1.46 bits per heavy atom. The highest BCUT2D eigenvalue weighted by atomic mass is 35.5. The topological polar surface area (TPSA) is 95.6 Å². The van der Waals surface area contributed by atoms with Gasteiger partial charge in [0.25, 0.3) is 11.8 Å². The van der Waals surface area contributed by atoms with Gasteiger partial charge in [0.2, 0.25) is 10.0 Å². The third-order valence-electron chi connectivity index (χ3n) is 3.99. The van der Waals surface area contributed by atoms with E-state index < -0.39 is 21.8 Å². The fourth-order valence-corrected chi connectivity index (χ4v) is 4.00. The standard InChI is InChI=1S/C18H19Cl2N3O4S/c1-11(2)23(3)28(26,27)12-8-9-16(20)14(10-12)18(25)22-21-17(24)13-6-4-5-7-15(13)19/h4-11H,1-3H3,(H,21,24)(H,22,25). The molecule has 0 fully saturated rings. The van der Waals surface area contributed by atoms with Gasteiger partial charge in [-0.2, -0.15) is 4.31 Å². The summed E-state index contributed by atoms with van der Waals surface area (Å²) >= 11 is 12.0. The van der Waals surface area contributed by atoms with Gasteiger partial charge in [-0.05, 0) is 44.2 Å². The van der Waals surface area contributed by atoms with Crippen LogP contribution in [0.3, 0.4) is 0 Å². The molecule has 0 aliphatic rings. The third kappa shape index (κ3) is 4.82. The number of amides is 2. The molecule has 0 aliphatic heterocycles. The van der Waals surface area contributed by atoms with Crippen LogP contribution in [-0.4, -0.2) is 37.6 Å². The molecule has 10 heteroatoms. The van der Waals surface area contributed by atoms with Gasteiger partial charge in [0.15, 0.2) is 0 Å². The maximum Gasteiger partial charge on any atom is 0.271 e. The lowest BCUT2D eigenvalue weighted by Gasteiger charge is -2.21. The van der Waals surface area contributed by atoms with Gasteiger partial charge in [0.05, 0.1) is 26.1 Å². The van der Waals surface area contributed by atoms with Crippen molar-refractivity contribution in [2.24, 2.45) is 0 Å². The smallest absolute Gasteiger partial charge is 0.267 e. The van der Waals surface area contributed by atoms with Crippen LogP contribution < -0.4 is 10.9 Å². The van der Waals surface area contributed by atoms with Crippen LogP contribution in [-0.2, 0) is 10.0 Å². The summed E-state index contributed by atoms with van der Waals surface area (Å²) in [6.45, 7) is 3.46. The number of hydrazine groups is 1. The second-order valence-corrected chi connectivity index (χ2v) is 8.96. The maximum absolute atomic E-state index is 12.6. The van der Waals surface area contributed by atoms with Gasteiger partial charge in [-0.15, -0.1) is 0 Å². The molecule has 0 atom stereocenters. The second kappa shape index (κ2) is 8.91. The summed E-state index contributed by atoms with van der Waals surface area (Å²) in [6, 6.07) is 9.83. The minimum atomic E-state index is -3.80. The van der Waals surface area contributed by atoms with Gasteiger partial charge < -0.3 is 0 Å². The number of carbonyl (C=O) groups excluding carboxylic acids is 2. The molecule has 0 unspecified atom stereocenters. The van der Waals surface area contributed by atoms with Crippen LogP contribution in [0.4, 0.5) is 0 Å². The number of nitrogens with zero attached hydrogens (tertiary/aromatic N) is 1. The van der Waals surface area contributed by atoms with E-state index in [9.17, 15) is 18.0 Å². The van der Waals surface area contributed by atoms with E-state index in [-0.39, 0.29) is 32.1 Å². The van der Waals surface area contributed by atoms with Crippen LogP contribution in [0.2, 0.25) is 10.0 Å². The molecule has 0 aliphatic carbocycles. The Morgan fingerprint density at radius 3 is 2.04 bits per heavy atom. The van der Waals surface area contributed by atoms with E-state index in [1.54, 1.807) is 26.0 Å². The summed E-state index contributed by atoms with van der Waals surface area (Å²) in [7, 11) is -2.36. The summed E-state index contributed by atoms with van der Waals surface area (Å²) in [4.78, 5) is 24.5.